The van der Waals surface area contributed by atoms with E-state index in [0.717, 1.165) is 17.5 Å². The predicted octanol–water partition coefficient (Wildman–Crippen LogP) is 3.35. The molecule has 2 heterocycles. The predicted molar refractivity (Wildman–Crippen MR) is 101 cm³/mol. The highest BCUT2D eigenvalue weighted by atomic mass is 19.1. The molecule has 2 N–H and O–H groups in total. The van der Waals surface area contributed by atoms with Gasteiger partial charge in [0.2, 0.25) is 0 Å². The van der Waals surface area contributed by atoms with Crippen LogP contribution >= 0.6 is 0 Å². The van der Waals surface area contributed by atoms with Crippen LogP contribution in [0.25, 0.3) is 0 Å². The van der Waals surface area contributed by atoms with Gasteiger partial charge in [0.15, 0.2) is 0 Å². The van der Waals surface area contributed by atoms with Gasteiger partial charge in [0.05, 0.1) is 19.1 Å². The summed E-state index contributed by atoms with van der Waals surface area (Å²) in [7, 11) is 0. The molecule has 3 rings (SSSR count). The minimum atomic E-state index is -0.296. The Kier molecular flexibility index (Phi) is 5.85. The molecule has 3 aromatic rings. The molecule has 0 saturated carbocycles. The molecule has 0 aliphatic carbocycles. The van der Waals surface area contributed by atoms with Gasteiger partial charge in [-0.3, -0.25) is 5.32 Å². The average Bonchev–Trinajstić information content (AvgIpc) is 3.28. The largest absolute Gasteiger partial charge is 0.338 e. The molecule has 0 radical (unpaired) electrons. The molecule has 0 fully saturated rings. The zero-order chi connectivity index (χ0) is 19.2. The van der Waals surface area contributed by atoms with Crippen molar-refractivity contribution < 1.29 is 9.18 Å². The number of imidazole rings is 1. The first-order valence-electron chi connectivity index (χ1n) is 8.82. The summed E-state index contributed by atoms with van der Waals surface area (Å²) in [6.45, 7) is 4.84. The lowest BCUT2D eigenvalue weighted by atomic mass is 10.2. The first kappa shape index (κ1) is 18.6. The fraction of sp³-hybridized carbons (Fsp3) is 0.316. The van der Waals surface area contributed by atoms with Crippen molar-refractivity contribution in [2.75, 3.05) is 11.9 Å². The van der Waals surface area contributed by atoms with Crippen molar-refractivity contribution in [3.8, 4) is 0 Å². The minimum absolute atomic E-state index is 0.244. The maximum absolute atomic E-state index is 13.4. The Morgan fingerprint density at radius 1 is 1.37 bits per heavy atom. The lowest BCUT2D eigenvalue weighted by Gasteiger charge is -2.14. The van der Waals surface area contributed by atoms with Crippen LogP contribution in [0.2, 0.25) is 0 Å². The van der Waals surface area contributed by atoms with E-state index in [1.54, 1.807) is 29.5 Å². The quantitative estimate of drug-likeness (QED) is 0.670. The summed E-state index contributed by atoms with van der Waals surface area (Å²) in [6.07, 6.45) is 7.86. The molecule has 0 spiro atoms. The normalized spacial score (nSPS) is 12.0. The average molecular weight is 370 g/mol. The van der Waals surface area contributed by atoms with Gasteiger partial charge in [0.1, 0.15) is 11.6 Å². The molecular weight excluding hydrogens is 347 g/mol. The molecule has 0 aliphatic rings. The second-order valence-electron chi connectivity index (χ2n) is 6.49. The number of rotatable bonds is 7. The lowest BCUT2D eigenvalue weighted by molar-refractivity contribution is 0.251. The standard InChI is InChI=1S/C19H23FN6O/c1-14-11-23-26(12-16-4-3-5-17(20)10-16)18(14)24-19(27)22-7-6-15(2)25-9-8-21-13-25/h3-5,8-11,13,15H,6-7,12H2,1-2H3,(H2,22,24,27)/t15-/m0/s1. The Morgan fingerprint density at radius 3 is 2.96 bits per heavy atom. The van der Waals surface area contributed by atoms with E-state index in [0.29, 0.717) is 18.9 Å². The van der Waals surface area contributed by atoms with Crippen LogP contribution in [0.4, 0.5) is 15.0 Å². The fourth-order valence-corrected chi connectivity index (χ4v) is 2.80. The van der Waals surface area contributed by atoms with Crippen molar-refractivity contribution in [3.63, 3.8) is 0 Å². The number of hydrogen-bond acceptors (Lipinski definition) is 3. The van der Waals surface area contributed by atoms with Gasteiger partial charge < -0.3 is 9.88 Å². The number of aryl methyl sites for hydroxylation is 1. The van der Waals surface area contributed by atoms with Crippen LogP contribution in [0, 0.1) is 12.7 Å². The number of anilines is 1. The van der Waals surface area contributed by atoms with Crippen LogP contribution in [0.15, 0.2) is 49.2 Å². The third-order valence-electron chi connectivity index (χ3n) is 4.36. The molecule has 1 atom stereocenters. The van der Waals surface area contributed by atoms with Crippen LogP contribution in [-0.4, -0.2) is 31.9 Å². The van der Waals surface area contributed by atoms with Gasteiger partial charge >= 0.3 is 6.03 Å². The number of nitrogens with one attached hydrogen (secondary N) is 2. The molecule has 1 aromatic carbocycles. The molecule has 0 saturated heterocycles. The molecule has 8 heteroatoms. The number of amides is 2. The Hall–Kier alpha value is -3.16. The van der Waals surface area contributed by atoms with Crippen molar-refractivity contribution in [2.24, 2.45) is 0 Å². The van der Waals surface area contributed by atoms with Gasteiger partial charge in [-0.2, -0.15) is 5.10 Å². The van der Waals surface area contributed by atoms with Gasteiger partial charge in [-0.1, -0.05) is 12.1 Å². The van der Waals surface area contributed by atoms with Gasteiger partial charge in [-0.15, -0.1) is 0 Å². The van der Waals surface area contributed by atoms with Crippen LogP contribution in [0.1, 0.15) is 30.5 Å². The highest BCUT2D eigenvalue weighted by Crippen LogP contribution is 2.16. The fourth-order valence-electron chi connectivity index (χ4n) is 2.80. The van der Waals surface area contributed by atoms with Crippen molar-refractivity contribution >= 4 is 11.8 Å². The van der Waals surface area contributed by atoms with E-state index in [1.165, 1.54) is 12.1 Å². The number of hydrogen-bond donors (Lipinski definition) is 2. The molecule has 0 bridgehead atoms. The van der Waals surface area contributed by atoms with Gasteiger partial charge in [-0.25, -0.2) is 18.9 Å². The van der Waals surface area contributed by atoms with Crippen molar-refractivity contribution in [1.29, 1.82) is 0 Å². The van der Waals surface area contributed by atoms with Crippen LogP contribution < -0.4 is 10.6 Å². The number of nitrogens with zero attached hydrogens (tertiary/aromatic N) is 4. The topological polar surface area (TPSA) is 76.8 Å². The first-order chi connectivity index (χ1) is 13.0. The summed E-state index contributed by atoms with van der Waals surface area (Å²) in [4.78, 5) is 16.3. The molecule has 2 aromatic heterocycles. The zero-order valence-corrected chi connectivity index (χ0v) is 15.4. The van der Waals surface area contributed by atoms with E-state index < -0.39 is 0 Å². The summed E-state index contributed by atoms with van der Waals surface area (Å²) < 4.78 is 17.0. The van der Waals surface area contributed by atoms with Gasteiger partial charge in [0.25, 0.3) is 0 Å². The number of aromatic nitrogens is 4. The van der Waals surface area contributed by atoms with Crippen LogP contribution in [0.5, 0.6) is 0 Å². The monoisotopic (exact) mass is 370 g/mol. The smallest absolute Gasteiger partial charge is 0.320 e. The molecular formula is C19H23FN6O. The minimum Gasteiger partial charge on any atom is -0.338 e. The SMILES string of the molecule is Cc1cnn(Cc2cccc(F)c2)c1NC(=O)NCC[C@H](C)n1ccnc1. The van der Waals surface area contributed by atoms with Crippen LogP contribution in [0.3, 0.4) is 0 Å². The van der Waals surface area contributed by atoms with Crippen molar-refractivity contribution in [1.82, 2.24) is 24.6 Å². The third-order valence-corrected chi connectivity index (χ3v) is 4.36. The van der Waals surface area contributed by atoms with Crippen LogP contribution in [-0.2, 0) is 6.54 Å². The summed E-state index contributed by atoms with van der Waals surface area (Å²) in [5.41, 5.74) is 1.61. The number of urea groups is 1. The Labute approximate surface area is 157 Å². The van der Waals surface area contributed by atoms with E-state index in [2.05, 4.69) is 27.6 Å². The number of carbonyl (C=O) groups excluding carboxylic acids is 1. The maximum atomic E-state index is 13.4. The van der Waals surface area contributed by atoms with Gasteiger partial charge in [0, 0.05) is 30.5 Å². The van der Waals surface area contributed by atoms with E-state index in [4.69, 9.17) is 0 Å². The lowest BCUT2D eigenvalue weighted by Crippen LogP contribution is -2.31. The molecule has 0 aliphatic heterocycles. The second-order valence-corrected chi connectivity index (χ2v) is 6.49. The molecule has 0 unspecified atom stereocenters. The van der Waals surface area contributed by atoms with E-state index in [9.17, 15) is 9.18 Å². The number of carbonyl (C=O) groups is 1. The third kappa shape index (κ3) is 4.93. The number of halogens is 1. The molecule has 27 heavy (non-hydrogen) atoms. The summed E-state index contributed by atoms with van der Waals surface area (Å²) in [5, 5.41) is 9.97. The van der Waals surface area contributed by atoms with Crippen molar-refractivity contribution in [3.05, 3.63) is 66.1 Å². The van der Waals surface area contributed by atoms with Crippen molar-refractivity contribution in [2.45, 2.75) is 32.9 Å². The molecule has 7 nitrogen and oxygen atoms in total. The zero-order valence-electron chi connectivity index (χ0n) is 15.4. The second kappa shape index (κ2) is 8.48. The summed E-state index contributed by atoms with van der Waals surface area (Å²) in [6, 6.07) is 6.28. The molecule has 2 amide bonds. The summed E-state index contributed by atoms with van der Waals surface area (Å²) in [5.74, 6) is 0.301. The number of benzene rings is 1. The van der Waals surface area contributed by atoms with E-state index in [-0.39, 0.29) is 17.9 Å². The summed E-state index contributed by atoms with van der Waals surface area (Å²) >= 11 is 0. The highest BCUT2D eigenvalue weighted by Gasteiger charge is 2.12. The Bertz CT molecular complexity index is 890. The maximum Gasteiger partial charge on any atom is 0.320 e. The Morgan fingerprint density at radius 2 is 2.22 bits per heavy atom. The Balaban J connectivity index is 1.55. The first-order valence-corrected chi connectivity index (χ1v) is 8.82. The highest BCUT2D eigenvalue weighted by molar-refractivity contribution is 5.89. The van der Waals surface area contributed by atoms with E-state index >= 15 is 0 Å². The van der Waals surface area contributed by atoms with Gasteiger partial charge in [-0.05, 0) is 38.0 Å². The van der Waals surface area contributed by atoms with E-state index in [1.807, 2.05) is 23.8 Å². The molecule has 142 valence electrons.